The number of aryl methyl sites for hydroxylation is 1. The number of piperidine rings is 1. The van der Waals surface area contributed by atoms with E-state index < -0.39 is 23.5 Å². The first-order valence-electron chi connectivity index (χ1n) is 18.1. The van der Waals surface area contributed by atoms with Gasteiger partial charge in [0.25, 0.3) is 5.56 Å². The van der Waals surface area contributed by atoms with E-state index in [0.29, 0.717) is 37.6 Å². The lowest BCUT2D eigenvalue weighted by Crippen LogP contribution is -3.00. The van der Waals surface area contributed by atoms with E-state index in [-0.39, 0.29) is 31.3 Å². The van der Waals surface area contributed by atoms with Crippen molar-refractivity contribution in [1.82, 2.24) is 19.1 Å². The minimum Gasteiger partial charge on any atom is -1.00 e. The normalized spacial score (nSPS) is 22.4. The number of likely N-dealkylation sites (tertiary alicyclic amines) is 1. The summed E-state index contributed by atoms with van der Waals surface area (Å²) in [5, 5.41) is 0. The number of para-hydroxylation sites is 1. The number of aromatic amines is 1. The van der Waals surface area contributed by atoms with Crippen molar-refractivity contribution in [2.45, 2.75) is 56.7 Å². The largest absolute Gasteiger partial charge is 1.00 e. The third-order valence-electron chi connectivity index (χ3n) is 11.3. The molecule has 1 aromatic heterocycles. The Morgan fingerprint density at radius 2 is 1.56 bits per heavy atom. The Hall–Kier alpha value is -3.05. The summed E-state index contributed by atoms with van der Waals surface area (Å²) < 4.78 is 31.7. The highest BCUT2D eigenvalue weighted by Gasteiger charge is 2.51. The van der Waals surface area contributed by atoms with Gasteiger partial charge in [0.2, 0.25) is 0 Å². The van der Waals surface area contributed by atoms with Crippen LogP contribution < -0.4 is 23.7 Å². The van der Waals surface area contributed by atoms with Gasteiger partial charge >= 0.3 is 12.6 Å². The molecular weight excluding hydrogens is 720 g/mol. The van der Waals surface area contributed by atoms with Crippen LogP contribution in [0, 0.1) is 6.92 Å². The fourth-order valence-corrected chi connectivity index (χ4v) is 10.9. The van der Waals surface area contributed by atoms with Gasteiger partial charge in [0.05, 0.1) is 50.5 Å². The number of quaternary nitrogens is 1. The summed E-state index contributed by atoms with van der Waals surface area (Å²) in [5.41, 5.74) is 1.98. The summed E-state index contributed by atoms with van der Waals surface area (Å²) >= 11 is 7.06. The van der Waals surface area contributed by atoms with E-state index in [2.05, 4.69) is 41.2 Å². The summed E-state index contributed by atoms with van der Waals surface area (Å²) in [6, 6.07) is 27.9. The Labute approximate surface area is 316 Å². The topological polar surface area (TPSA) is 96.9 Å². The first-order valence-corrected chi connectivity index (χ1v) is 20.5. The van der Waals surface area contributed by atoms with Crippen LogP contribution in [0.15, 0.2) is 101 Å². The number of aromatic nitrogens is 2. The molecule has 3 unspecified atom stereocenters. The zero-order chi connectivity index (χ0) is 35.6. The van der Waals surface area contributed by atoms with Crippen LogP contribution in [0.4, 0.5) is 0 Å². The van der Waals surface area contributed by atoms with Gasteiger partial charge in [-0.25, -0.2) is 4.79 Å². The number of halogens is 2. The van der Waals surface area contributed by atoms with Crippen LogP contribution in [0.5, 0.6) is 0 Å². The zero-order valence-electron chi connectivity index (χ0n) is 29.8. The van der Waals surface area contributed by atoms with E-state index >= 15 is 0 Å². The van der Waals surface area contributed by atoms with Gasteiger partial charge in [0.15, 0.2) is 6.17 Å². The van der Waals surface area contributed by atoms with Crippen molar-refractivity contribution < 1.29 is 30.7 Å². The summed E-state index contributed by atoms with van der Waals surface area (Å²) in [6.45, 7) is 2.05. The Morgan fingerprint density at radius 3 is 2.23 bits per heavy atom. The molecule has 3 fully saturated rings. The van der Waals surface area contributed by atoms with Crippen molar-refractivity contribution in [3.8, 4) is 5.69 Å². The van der Waals surface area contributed by atoms with Crippen molar-refractivity contribution in [3.05, 3.63) is 134 Å². The van der Waals surface area contributed by atoms with Crippen LogP contribution in [0.25, 0.3) is 5.69 Å². The minimum atomic E-state index is -3.73. The molecule has 4 heterocycles. The SMILES string of the molecule is Cc1cn(-c2ccccc2C(c2ccccc2)(c2ccccc2)C2COCCN2COP(=O)(Cl)N2CCCCC2[N+]2(C)CCCC2)c(=O)[nH]c1=O.[Cl-]. The molecule has 278 valence electrons. The molecule has 3 atom stereocenters. The van der Waals surface area contributed by atoms with Crippen molar-refractivity contribution in [3.63, 3.8) is 0 Å². The standard InChI is InChI=1S/C39H47ClN5O5P.ClH/c1-30-27-43(38(47)41-37(30)46)34-20-10-9-19-33(34)39(31-15-5-3-6-16-31,32-17-7-4-8-18-32)35-28-49-26-23-42(35)29-50-51(40,48)44-22-12-11-21-36(44)45(2)24-13-14-25-45;/h3-10,15-20,27,35-36H,11-14,21-26,28-29H2,1-2H3;1H. The summed E-state index contributed by atoms with van der Waals surface area (Å²) in [7, 11) is 2.27. The lowest BCUT2D eigenvalue weighted by Gasteiger charge is -2.50. The maximum absolute atomic E-state index is 14.6. The molecule has 13 heteroatoms. The lowest BCUT2D eigenvalue weighted by molar-refractivity contribution is -0.932. The molecule has 0 amide bonds. The third kappa shape index (κ3) is 7.25. The van der Waals surface area contributed by atoms with Crippen LogP contribution in [-0.2, 0) is 19.2 Å². The Bertz CT molecular complexity index is 1950. The molecule has 0 bridgehead atoms. The molecule has 3 aliphatic rings. The highest BCUT2D eigenvalue weighted by molar-refractivity contribution is 7.83. The molecule has 52 heavy (non-hydrogen) atoms. The number of nitrogens with zero attached hydrogens (tertiary/aromatic N) is 4. The van der Waals surface area contributed by atoms with Gasteiger partial charge in [-0.15, -0.1) is 0 Å². The van der Waals surface area contributed by atoms with Crippen molar-refractivity contribution in [2.75, 3.05) is 53.2 Å². The van der Waals surface area contributed by atoms with Crippen LogP contribution in [0.3, 0.4) is 0 Å². The molecule has 3 saturated heterocycles. The van der Waals surface area contributed by atoms with E-state index in [0.717, 1.165) is 66.4 Å². The van der Waals surface area contributed by atoms with Gasteiger partial charge < -0.3 is 21.6 Å². The van der Waals surface area contributed by atoms with Crippen molar-refractivity contribution in [1.29, 1.82) is 0 Å². The second-order valence-electron chi connectivity index (χ2n) is 14.4. The number of rotatable bonds is 10. The van der Waals surface area contributed by atoms with Crippen LogP contribution in [-0.4, -0.2) is 89.0 Å². The number of morpholine rings is 1. The smallest absolute Gasteiger partial charge is 0.369 e. The van der Waals surface area contributed by atoms with Crippen LogP contribution in [0.1, 0.15) is 54.4 Å². The number of hydrogen-bond acceptors (Lipinski definition) is 6. The molecule has 0 spiro atoms. The molecule has 3 aliphatic heterocycles. The molecule has 0 aliphatic carbocycles. The zero-order valence-corrected chi connectivity index (χ0v) is 32.2. The molecule has 4 aromatic rings. The van der Waals surface area contributed by atoms with E-state index in [1.807, 2.05) is 65.3 Å². The van der Waals surface area contributed by atoms with E-state index in [1.165, 1.54) is 4.57 Å². The van der Waals surface area contributed by atoms with Gasteiger partial charge in [-0.2, -0.15) is 4.67 Å². The fourth-order valence-electron chi connectivity index (χ4n) is 8.78. The Morgan fingerprint density at radius 1 is 0.923 bits per heavy atom. The van der Waals surface area contributed by atoms with E-state index in [4.69, 9.17) is 20.5 Å². The molecule has 1 N–H and O–H groups in total. The molecule has 0 saturated carbocycles. The maximum Gasteiger partial charge on any atom is 0.369 e. The number of H-pyrrole nitrogens is 1. The average molecular weight is 769 g/mol. The quantitative estimate of drug-likeness (QED) is 0.151. The Balaban J connectivity index is 0.00000464. The molecule has 3 aromatic carbocycles. The Kier molecular flexibility index (Phi) is 12.0. The monoisotopic (exact) mass is 767 g/mol. The third-order valence-corrected chi connectivity index (χ3v) is 13.7. The van der Waals surface area contributed by atoms with E-state index in [9.17, 15) is 14.2 Å². The summed E-state index contributed by atoms with van der Waals surface area (Å²) in [5.74, 6) is 0. The first-order chi connectivity index (χ1) is 24.6. The molecule has 10 nitrogen and oxygen atoms in total. The van der Waals surface area contributed by atoms with Crippen LogP contribution >= 0.6 is 18.1 Å². The maximum atomic E-state index is 14.6. The van der Waals surface area contributed by atoms with Gasteiger partial charge in [-0.1, -0.05) is 78.9 Å². The summed E-state index contributed by atoms with van der Waals surface area (Å²) in [6.07, 6.45) is 6.95. The summed E-state index contributed by atoms with van der Waals surface area (Å²) in [4.78, 5) is 30.7. The highest BCUT2D eigenvalue weighted by Crippen LogP contribution is 2.60. The number of ether oxygens (including phenoxy) is 1. The van der Waals surface area contributed by atoms with Gasteiger partial charge in [-0.3, -0.25) is 28.3 Å². The first kappa shape index (κ1) is 38.7. The molecular formula is C39H48Cl2N5O5P. The molecule has 0 radical (unpaired) electrons. The fraction of sp³-hybridized carbons (Fsp3) is 0.436. The second-order valence-corrected chi connectivity index (χ2v) is 17.3. The number of hydrogen-bond donors (Lipinski definition) is 1. The number of nitrogens with one attached hydrogen (secondary N) is 1. The highest BCUT2D eigenvalue weighted by atomic mass is 35.7. The molecule has 7 rings (SSSR count). The van der Waals surface area contributed by atoms with Crippen molar-refractivity contribution in [2.24, 2.45) is 0 Å². The minimum absolute atomic E-state index is 0. The average Bonchev–Trinajstić information content (AvgIpc) is 3.61. The lowest BCUT2D eigenvalue weighted by atomic mass is 9.63. The number of benzene rings is 3. The predicted molar refractivity (Wildman–Crippen MR) is 200 cm³/mol. The second kappa shape index (κ2) is 16.1. The van der Waals surface area contributed by atoms with Crippen molar-refractivity contribution >= 4 is 18.1 Å². The van der Waals surface area contributed by atoms with Gasteiger partial charge in [-0.05, 0) is 53.8 Å². The van der Waals surface area contributed by atoms with Gasteiger partial charge in [0.1, 0.15) is 6.73 Å². The van der Waals surface area contributed by atoms with Crippen LogP contribution in [0.2, 0.25) is 0 Å². The van der Waals surface area contributed by atoms with Gasteiger partial charge in [0, 0.05) is 44.1 Å². The predicted octanol–water partition coefficient (Wildman–Crippen LogP) is 3.25. The van der Waals surface area contributed by atoms with E-state index in [1.54, 1.807) is 13.1 Å².